The van der Waals surface area contributed by atoms with E-state index in [1.54, 1.807) is 0 Å². The summed E-state index contributed by atoms with van der Waals surface area (Å²) in [6.07, 6.45) is 0.459. The molecule has 0 aliphatic rings. The molecule has 0 aromatic heterocycles. The van der Waals surface area contributed by atoms with Crippen molar-refractivity contribution < 1.29 is 4.39 Å². The van der Waals surface area contributed by atoms with E-state index in [9.17, 15) is 4.39 Å². The molecule has 0 amide bonds. The Kier molecular flexibility index (Phi) is 4.00. The Morgan fingerprint density at radius 3 is 2.06 bits per heavy atom. The average molecular weight is 232 g/mol. The Labute approximate surface area is 99.5 Å². The second kappa shape index (κ2) is 5.71. The summed E-state index contributed by atoms with van der Waals surface area (Å²) in [6, 6.07) is 19.4. The van der Waals surface area contributed by atoms with Gasteiger partial charge in [0.25, 0.3) is 0 Å². The number of rotatable bonds is 4. The quantitative estimate of drug-likeness (QED) is 0.707. The van der Waals surface area contributed by atoms with Crippen LogP contribution in [0.4, 0.5) is 4.39 Å². The summed E-state index contributed by atoms with van der Waals surface area (Å²) in [4.78, 5) is 0.978. The summed E-state index contributed by atoms with van der Waals surface area (Å²) < 4.78 is 13.7. The maximum absolute atomic E-state index is 13.7. The molecule has 0 radical (unpaired) electrons. The van der Waals surface area contributed by atoms with Crippen LogP contribution in [0.1, 0.15) is 5.56 Å². The highest BCUT2D eigenvalue weighted by atomic mass is 32.2. The van der Waals surface area contributed by atoms with Crippen molar-refractivity contribution in [1.82, 2.24) is 0 Å². The first-order chi connectivity index (χ1) is 7.84. The van der Waals surface area contributed by atoms with Crippen molar-refractivity contribution in [3.05, 3.63) is 66.2 Å². The van der Waals surface area contributed by atoms with Crippen molar-refractivity contribution in [2.45, 2.75) is 16.8 Å². The lowest BCUT2D eigenvalue weighted by atomic mass is 10.2. The summed E-state index contributed by atoms with van der Waals surface area (Å²) in [5.74, 6) is 0. The lowest BCUT2D eigenvalue weighted by Crippen LogP contribution is -1.98. The molecular formula is C14H13FS. The van der Waals surface area contributed by atoms with Gasteiger partial charge in [-0.25, -0.2) is 4.39 Å². The monoisotopic (exact) mass is 232 g/mol. The fourth-order valence-corrected chi connectivity index (χ4v) is 2.37. The van der Waals surface area contributed by atoms with Gasteiger partial charge in [-0.15, -0.1) is 0 Å². The Morgan fingerprint density at radius 1 is 0.875 bits per heavy atom. The number of halogens is 1. The van der Waals surface area contributed by atoms with Crippen LogP contribution in [-0.4, -0.2) is 5.50 Å². The largest absolute Gasteiger partial charge is 0.235 e. The van der Waals surface area contributed by atoms with Crippen LogP contribution in [0.5, 0.6) is 0 Å². The summed E-state index contributed by atoms with van der Waals surface area (Å²) in [5, 5.41) is 0. The topological polar surface area (TPSA) is 0 Å². The van der Waals surface area contributed by atoms with Gasteiger partial charge in [0.05, 0.1) is 0 Å². The molecule has 2 aromatic carbocycles. The third-order valence-electron chi connectivity index (χ3n) is 2.25. The molecule has 0 saturated heterocycles. The first-order valence-electron chi connectivity index (χ1n) is 5.24. The molecule has 0 nitrogen and oxygen atoms in total. The number of hydrogen-bond acceptors (Lipinski definition) is 1. The van der Waals surface area contributed by atoms with Gasteiger partial charge in [-0.3, -0.25) is 0 Å². The van der Waals surface area contributed by atoms with E-state index in [1.165, 1.54) is 11.8 Å². The van der Waals surface area contributed by atoms with Crippen LogP contribution in [0.25, 0.3) is 0 Å². The lowest BCUT2D eigenvalue weighted by molar-refractivity contribution is 0.451. The summed E-state index contributed by atoms with van der Waals surface area (Å²) in [7, 11) is 0. The van der Waals surface area contributed by atoms with E-state index in [2.05, 4.69) is 0 Å². The summed E-state index contributed by atoms with van der Waals surface area (Å²) >= 11 is 1.27. The highest BCUT2D eigenvalue weighted by Gasteiger charge is 2.08. The highest BCUT2D eigenvalue weighted by molar-refractivity contribution is 7.99. The minimum Gasteiger partial charge on any atom is -0.235 e. The van der Waals surface area contributed by atoms with Gasteiger partial charge >= 0.3 is 0 Å². The number of thioether (sulfide) groups is 1. The molecule has 0 heterocycles. The standard InChI is InChI=1S/C14H13FS/c15-14(11-12-7-3-1-4-8-12)16-13-9-5-2-6-10-13/h1-10,14H,11H2. The minimum atomic E-state index is -0.884. The van der Waals surface area contributed by atoms with E-state index >= 15 is 0 Å². The normalized spacial score (nSPS) is 12.3. The lowest BCUT2D eigenvalue weighted by Gasteiger charge is -2.07. The maximum Gasteiger partial charge on any atom is 0.154 e. The zero-order chi connectivity index (χ0) is 11.2. The smallest absolute Gasteiger partial charge is 0.154 e. The van der Waals surface area contributed by atoms with Crippen molar-refractivity contribution in [2.24, 2.45) is 0 Å². The van der Waals surface area contributed by atoms with Gasteiger partial charge in [0, 0.05) is 11.3 Å². The van der Waals surface area contributed by atoms with Crippen molar-refractivity contribution in [3.8, 4) is 0 Å². The van der Waals surface area contributed by atoms with Crippen molar-refractivity contribution in [1.29, 1.82) is 0 Å². The van der Waals surface area contributed by atoms with Crippen LogP contribution in [0, 0.1) is 0 Å². The van der Waals surface area contributed by atoms with Crippen molar-refractivity contribution in [3.63, 3.8) is 0 Å². The van der Waals surface area contributed by atoms with E-state index in [-0.39, 0.29) is 0 Å². The fraction of sp³-hybridized carbons (Fsp3) is 0.143. The molecule has 0 bridgehead atoms. The molecule has 2 aromatic rings. The average Bonchev–Trinajstić information content (AvgIpc) is 2.31. The molecule has 2 rings (SSSR count). The van der Waals surface area contributed by atoms with Crippen LogP contribution in [0.2, 0.25) is 0 Å². The molecule has 2 heteroatoms. The zero-order valence-electron chi connectivity index (χ0n) is 8.84. The van der Waals surface area contributed by atoms with Gasteiger partial charge in [-0.1, -0.05) is 60.3 Å². The van der Waals surface area contributed by atoms with E-state index in [1.807, 2.05) is 60.7 Å². The van der Waals surface area contributed by atoms with Gasteiger partial charge < -0.3 is 0 Å². The summed E-state index contributed by atoms with van der Waals surface area (Å²) in [6.45, 7) is 0. The van der Waals surface area contributed by atoms with E-state index in [0.29, 0.717) is 6.42 Å². The molecule has 16 heavy (non-hydrogen) atoms. The number of hydrogen-bond donors (Lipinski definition) is 0. The van der Waals surface area contributed by atoms with Crippen molar-refractivity contribution in [2.75, 3.05) is 0 Å². The van der Waals surface area contributed by atoms with Gasteiger partial charge in [0.1, 0.15) is 0 Å². The molecule has 1 atom stereocenters. The molecule has 0 aliphatic heterocycles. The predicted octanol–water partition coefficient (Wildman–Crippen LogP) is 4.32. The van der Waals surface area contributed by atoms with Gasteiger partial charge in [-0.2, -0.15) is 0 Å². The highest BCUT2D eigenvalue weighted by Crippen LogP contribution is 2.26. The van der Waals surface area contributed by atoms with Crippen molar-refractivity contribution >= 4 is 11.8 Å². The fourth-order valence-electron chi connectivity index (χ4n) is 1.49. The van der Waals surface area contributed by atoms with Crippen LogP contribution < -0.4 is 0 Å². The second-order valence-corrected chi connectivity index (χ2v) is 4.75. The Hall–Kier alpha value is -1.28. The number of alkyl halides is 1. The molecule has 82 valence electrons. The van der Waals surface area contributed by atoms with Gasteiger partial charge in [-0.05, 0) is 17.7 Å². The van der Waals surface area contributed by atoms with E-state index < -0.39 is 5.50 Å². The third-order valence-corrected chi connectivity index (χ3v) is 3.21. The maximum atomic E-state index is 13.7. The first-order valence-corrected chi connectivity index (χ1v) is 6.12. The number of benzene rings is 2. The van der Waals surface area contributed by atoms with Gasteiger partial charge in [0.15, 0.2) is 5.50 Å². The van der Waals surface area contributed by atoms with Crippen LogP contribution >= 0.6 is 11.8 Å². The summed E-state index contributed by atoms with van der Waals surface area (Å²) in [5.41, 5.74) is 0.156. The van der Waals surface area contributed by atoms with Gasteiger partial charge in [0.2, 0.25) is 0 Å². The van der Waals surface area contributed by atoms with E-state index in [0.717, 1.165) is 10.5 Å². The van der Waals surface area contributed by atoms with E-state index in [4.69, 9.17) is 0 Å². The Morgan fingerprint density at radius 2 is 1.44 bits per heavy atom. The van der Waals surface area contributed by atoms with Crippen LogP contribution in [0.15, 0.2) is 65.6 Å². The molecule has 0 saturated carbocycles. The SMILES string of the molecule is FC(Cc1ccccc1)Sc1ccccc1. The predicted molar refractivity (Wildman–Crippen MR) is 67.3 cm³/mol. The zero-order valence-corrected chi connectivity index (χ0v) is 9.66. The minimum absolute atomic E-state index is 0.459. The molecular weight excluding hydrogens is 219 g/mol. The molecule has 0 N–H and O–H groups in total. The molecule has 0 aliphatic carbocycles. The Bertz CT molecular complexity index is 372. The molecule has 0 spiro atoms. The first kappa shape index (κ1) is 11.2. The second-order valence-electron chi connectivity index (χ2n) is 3.53. The van der Waals surface area contributed by atoms with Crippen LogP contribution in [-0.2, 0) is 6.42 Å². The van der Waals surface area contributed by atoms with Crippen LogP contribution in [0.3, 0.4) is 0 Å². The molecule has 0 fully saturated rings. The molecule has 1 unspecified atom stereocenters. The Balaban J connectivity index is 1.92. The third kappa shape index (κ3) is 3.38.